The second-order valence-corrected chi connectivity index (χ2v) is 6.71. The standard InChI is InChI=1S/C21H26O3/c1-12-7-14(3)19(15(4)8-12)21(24-11-18(22)23)20-16(5)9-13(2)10-17(20)6/h7-10,21H,11H2,1-6H3,(H,22,23). The van der Waals surface area contributed by atoms with Gasteiger partial charge in [-0.1, -0.05) is 35.4 Å². The predicted molar refractivity (Wildman–Crippen MR) is 96.7 cm³/mol. The van der Waals surface area contributed by atoms with E-state index in [1.165, 1.54) is 11.1 Å². The van der Waals surface area contributed by atoms with Gasteiger partial charge >= 0.3 is 5.97 Å². The van der Waals surface area contributed by atoms with Crippen LogP contribution >= 0.6 is 0 Å². The van der Waals surface area contributed by atoms with Gasteiger partial charge in [-0.2, -0.15) is 0 Å². The topological polar surface area (TPSA) is 46.5 Å². The molecule has 2 aromatic carbocycles. The van der Waals surface area contributed by atoms with E-state index < -0.39 is 5.97 Å². The number of aryl methyl sites for hydroxylation is 6. The number of carbonyl (C=O) groups is 1. The van der Waals surface area contributed by atoms with E-state index in [-0.39, 0.29) is 12.7 Å². The Labute approximate surface area is 144 Å². The Kier molecular flexibility index (Phi) is 5.45. The molecule has 2 aromatic rings. The molecule has 3 heteroatoms. The Balaban J connectivity index is 2.65. The van der Waals surface area contributed by atoms with E-state index in [0.717, 1.165) is 33.4 Å². The van der Waals surface area contributed by atoms with Crippen molar-refractivity contribution >= 4 is 5.97 Å². The molecule has 24 heavy (non-hydrogen) atoms. The maximum absolute atomic E-state index is 11.1. The van der Waals surface area contributed by atoms with Crippen LogP contribution in [0.25, 0.3) is 0 Å². The van der Waals surface area contributed by atoms with Crippen LogP contribution in [0.1, 0.15) is 50.6 Å². The molecule has 0 heterocycles. The number of carboxylic acid groups (broad SMARTS) is 1. The lowest BCUT2D eigenvalue weighted by atomic mass is 9.87. The average molecular weight is 326 g/mol. The third kappa shape index (κ3) is 3.85. The zero-order valence-electron chi connectivity index (χ0n) is 15.4. The lowest BCUT2D eigenvalue weighted by Gasteiger charge is -2.26. The lowest BCUT2D eigenvalue weighted by Crippen LogP contribution is -2.17. The number of rotatable bonds is 5. The first-order valence-electron chi connectivity index (χ1n) is 8.19. The van der Waals surface area contributed by atoms with Gasteiger partial charge in [-0.3, -0.25) is 0 Å². The monoisotopic (exact) mass is 326 g/mol. The minimum Gasteiger partial charge on any atom is -0.480 e. The number of aliphatic carboxylic acids is 1. The van der Waals surface area contributed by atoms with Crippen LogP contribution in [0.15, 0.2) is 24.3 Å². The largest absolute Gasteiger partial charge is 0.480 e. The summed E-state index contributed by atoms with van der Waals surface area (Å²) in [6.45, 7) is 12.1. The van der Waals surface area contributed by atoms with Crippen LogP contribution in [0.2, 0.25) is 0 Å². The number of hydrogen-bond donors (Lipinski definition) is 1. The van der Waals surface area contributed by atoms with Gasteiger partial charge in [0.15, 0.2) is 0 Å². The van der Waals surface area contributed by atoms with Crippen LogP contribution in [-0.4, -0.2) is 17.7 Å². The number of carboxylic acids is 1. The van der Waals surface area contributed by atoms with E-state index >= 15 is 0 Å². The summed E-state index contributed by atoms with van der Waals surface area (Å²) in [4.78, 5) is 11.1. The molecule has 0 atom stereocenters. The van der Waals surface area contributed by atoms with E-state index in [2.05, 4.69) is 65.8 Å². The maximum Gasteiger partial charge on any atom is 0.329 e. The van der Waals surface area contributed by atoms with E-state index in [9.17, 15) is 4.79 Å². The third-order valence-electron chi connectivity index (χ3n) is 4.37. The predicted octanol–water partition coefficient (Wildman–Crippen LogP) is 4.73. The zero-order valence-corrected chi connectivity index (χ0v) is 15.4. The molecule has 0 fully saturated rings. The highest BCUT2D eigenvalue weighted by molar-refractivity contribution is 5.68. The van der Waals surface area contributed by atoms with Gasteiger partial charge < -0.3 is 9.84 Å². The Bertz CT molecular complexity index is 671. The summed E-state index contributed by atoms with van der Waals surface area (Å²) in [5, 5.41) is 9.10. The van der Waals surface area contributed by atoms with Gasteiger partial charge in [0.25, 0.3) is 0 Å². The molecule has 0 amide bonds. The van der Waals surface area contributed by atoms with Crippen LogP contribution in [-0.2, 0) is 9.53 Å². The molecule has 0 saturated carbocycles. The van der Waals surface area contributed by atoms with Crippen molar-refractivity contribution in [3.05, 3.63) is 68.8 Å². The Morgan fingerprint density at radius 1 is 0.833 bits per heavy atom. The van der Waals surface area contributed by atoms with Crippen molar-refractivity contribution in [3.8, 4) is 0 Å². The van der Waals surface area contributed by atoms with Crippen LogP contribution in [0.5, 0.6) is 0 Å². The van der Waals surface area contributed by atoms with Crippen molar-refractivity contribution in [2.24, 2.45) is 0 Å². The molecule has 1 N–H and O–H groups in total. The molecule has 0 saturated heterocycles. The highest BCUT2D eigenvalue weighted by Gasteiger charge is 2.24. The molecule has 2 rings (SSSR count). The molecule has 0 unspecified atom stereocenters. The fourth-order valence-corrected chi connectivity index (χ4v) is 3.68. The molecule has 0 aliphatic carbocycles. The quantitative estimate of drug-likeness (QED) is 0.864. The third-order valence-corrected chi connectivity index (χ3v) is 4.37. The van der Waals surface area contributed by atoms with Crippen molar-refractivity contribution in [2.75, 3.05) is 6.61 Å². The highest BCUT2D eigenvalue weighted by Crippen LogP contribution is 2.35. The van der Waals surface area contributed by atoms with E-state index in [0.29, 0.717) is 0 Å². The van der Waals surface area contributed by atoms with Crippen LogP contribution in [0.4, 0.5) is 0 Å². The summed E-state index contributed by atoms with van der Waals surface area (Å²) in [6, 6.07) is 8.49. The molecule has 0 bridgehead atoms. The molecule has 0 spiro atoms. The van der Waals surface area contributed by atoms with Crippen molar-refractivity contribution in [3.63, 3.8) is 0 Å². The van der Waals surface area contributed by atoms with Crippen molar-refractivity contribution < 1.29 is 14.6 Å². The summed E-state index contributed by atoms with van der Waals surface area (Å²) >= 11 is 0. The first-order chi connectivity index (χ1) is 11.2. The van der Waals surface area contributed by atoms with Gasteiger partial charge in [0.05, 0.1) is 0 Å². The molecule has 0 aromatic heterocycles. The lowest BCUT2D eigenvalue weighted by molar-refractivity contribution is -0.143. The van der Waals surface area contributed by atoms with Crippen LogP contribution < -0.4 is 0 Å². The number of ether oxygens (including phenoxy) is 1. The van der Waals surface area contributed by atoms with Gasteiger partial charge in [-0.15, -0.1) is 0 Å². The maximum atomic E-state index is 11.1. The van der Waals surface area contributed by atoms with E-state index in [1.807, 2.05) is 0 Å². The summed E-state index contributed by atoms with van der Waals surface area (Å²) in [7, 11) is 0. The first kappa shape index (κ1) is 18.2. The molecule has 0 aliphatic rings. The van der Waals surface area contributed by atoms with Crippen molar-refractivity contribution in [2.45, 2.75) is 47.6 Å². The second kappa shape index (κ2) is 7.18. The van der Waals surface area contributed by atoms with Gasteiger partial charge in [-0.05, 0) is 74.9 Å². The minimum absolute atomic E-state index is 0.315. The Morgan fingerprint density at radius 2 is 1.17 bits per heavy atom. The second-order valence-electron chi connectivity index (χ2n) is 6.71. The SMILES string of the molecule is Cc1cc(C)c(C(OCC(=O)O)c2c(C)cc(C)cc2C)c(C)c1. The van der Waals surface area contributed by atoms with E-state index in [4.69, 9.17) is 9.84 Å². The number of hydrogen-bond acceptors (Lipinski definition) is 2. The van der Waals surface area contributed by atoms with Crippen molar-refractivity contribution in [1.29, 1.82) is 0 Å². The fraction of sp³-hybridized carbons (Fsp3) is 0.381. The van der Waals surface area contributed by atoms with Gasteiger partial charge in [0.1, 0.15) is 12.7 Å². The Morgan fingerprint density at radius 3 is 1.46 bits per heavy atom. The molecule has 0 aliphatic heterocycles. The zero-order chi connectivity index (χ0) is 18.0. The molecule has 3 nitrogen and oxygen atoms in total. The molecule has 128 valence electrons. The fourth-order valence-electron chi connectivity index (χ4n) is 3.68. The summed E-state index contributed by atoms with van der Waals surface area (Å²) < 4.78 is 5.88. The van der Waals surface area contributed by atoms with Crippen molar-refractivity contribution in [1.82, 2.24) is 0 Å². The Hall–Kier alpha value is -2.13. The van der Waals surface area contributed by atoms with Crippen LogP contribution in [0.3, 0.4) is 0 Å². The number of benzene rings is 2. The van der Waals surface area contributed by atoms with Gasteiger partial charge in [0.2, 0.25) is 0 Å². The van der Waals surface area contributed by atoms with Crippen LogP contribution in [0, 0.1) is 41.5 Å². The summed E-state index contributed by atoms with van der Waals surface area (Å²) in [5.41, 5.74) is 9.04. The van der Waals surface area contributed by atoms with Gasteiger partial charge in [-0.25, -0.2) is 4.79 Å². The average Bonchev–Trinajstić information content (AvgIpc) is 2.41. The molecular formula is C21H26O3. The first-order valence-corrected chi connectivity index (χ1v) is 8.19. The smallest absolute Gasteiger partial charge is 0.329 e. The minimum atomic E-state index is -0.954. The summed E-state index contributed by atoms with van der Waals surface area (Å²) in [5.74, 6) is -0.954. The van der Waals surface area contributed by atoms with E-state index in [1.54, 1.807) is 0 Å². The normalized spacial score (nSPS) is 11.1. The molecular weight excluding hydrogens is 300 g/mol. The van der Waals surface area contributed by atoms with Gasteiger partial charge in [0, 0.05) is 0 Å². The molecule has 0 radical (unpaired) electrons. The highest BCUT2D eigenvalue weighted by atomic mass is 16.5. The summed E-state index contributed by atoms with van der Waals surface area (Å²) in [6.07, 6.45) is -0.373.